The van der Waals surface area contributed by atoms with E-state index in [4.69, 9.17) is 11.6 Å². The second kappa shape index (κ2) is 10.3. The first-order chi connectivity index (χ1) is 10.7. The topological polar surface area (TPSA) is 56.7 Å². The molecule has 0 saturated heterocycles. The Bertz CT molecular complexity index is 632. The maximum Gasteiger partial charge on any atom is 0.191 e. The van der Waals surface area contributed by atoms with Crippen LogP contribution in [0.4, 0.5) is 0 Å². The number of nitrogens with one attached hydrogen (secondary N) is 2. The number of phenols is 1. The number of hydrogen-bond acceptors (Lipinski definition) is 2. The molecular formula is C17H21ClIN3O. The van der Waals surface area contributed by atoms with Gasteiger partial charge in [0.1, 0.15) is 5.75 Å². The van der Waals surface area contributed by atoms with Gasteiger partial charge >= 0.3 is 0 Å². The Morgan fingerprint density at radius 1 is 1.09 bits per heavy atom. The highest BCUT2D eigenvalue weighted by Crippen LogP contribution is 2.12. The fourth-order valence-corrected chi connectivity index (χ4v) is 2.08. The van der Waals surface area contributed by atoms with Crippen LogP contribution in [0.5, 0.6) is 5.75 Å². The minimum atomic E-state index is 0. The molecule has 2 rings (SSSR count). The number of nitrogens with zero attached hydrogens (tertiary/aromatic N) is 1. The Hall–Kier alpha value is -1.47. The molecule has 2 aromatic rings. The van der Waals surface area contributed by atoms with E-state index in [0.29, 0.717) is 13.1 Å². The highest BCUT2D eigenvalue weighted by atomic mass is 127. The Morgan fingerprint density at radius 3 is 2.48 bits per heavy atom. The fraction of sp³-hybridized carbons (Fsp3) is 0.235. The van der Waals surface area contributed by atoms with Gasteiger partial charge in [0.25, 0.3) is 0 Å². The zero-order valence-electron chi connectivity index (χ0n) is 12.9. The Morgan fingerprint density at radius 2 is 1.83 bits per heavy atom. The summed E-state index contributed by atoms with van der Waals surface area (Å²) in [6.07, 6.45) is 0. The summed E-state index contributed by atoms with van der Waals surface area (Å²) in [5.41, 5.74) is 2.09. The van der Waals surface area contributed by atoms with Crippen molar-refractivity contribution in [3.8, 4) is 5.75 Å². The monoisotopic (exact) mass is 445 g/mol. The van der Waals surface area contributed by atoms with Crippen molar-refractivity contribution in [3.05, 3.63) is 64.7 Å². The van der Waals surface area contributed by atoms with Crippen molar-refractivity contribution in [2.45, 2.75) is 20.0 Å². The molecular weight excluding hydrogens is 425 g/mol. The van der Waals surface area contributed by atoms with E-state index in [1.807, 2.05) is 43.3 Å². The molecule has 0 spiro atoms. The van der Waals surface area contributed by atoms with Crippen LogP contribution in [-0.2, 0) is 13.1 Å². The summed E-state index contributed by atoms with van der Waals surface area (Å²) in [6, 6.07) is 14.8. The number of aromatic hydroxyl groups is 1. The lowest BCUT2D eigenvalue weighted by Crippen LogP contribution is -2.36. The molecule has 0 radical (unpaired) electrons. The van der Waals surface area contributed by atoms with E-state index in [1.54, 1.807) is 12.1 Å². The quantitative estimate of drug-likeness (QED) is 0.371. The molecule has 0 heterocycles. The molecule has 0 amide bonds. The number of guanidine groups is 1. The number of rotatable bonds is 5. The van der Waals surface area contributed by atoms with Gasteiger partial charge in [-0.25, -0.2) is 4.99 Å². The number of halogens is 2. The van der Waals surface area contributed by atoms with E-state index in [0.717, 1.165) is 28.7 Å². The molecule has 0 fully saturated rings. The van der Waals surface area contributed by atoms with Gasteiger partial charge in [-0.15, -0.1) is 24.0 Å². The van der Waals surface area contributed by atoms with E-state index in [1.165, 1.54) is 0 Å². The molecule has 0 aliphatic rings. The lowest BCUT2D eigenvalue weighted by atomic mass is 10.2. The number of benzene rings is 2. The average molecular weight is 446 g/mol. The van der Waals surface area contributed by atoms with Crippen molar-refractivity contribution in [3.63, 3.8) is 0 Å². The number of hydrogen-bond donors (Lipinski definition) is 3. The third-order valence-electron chi connectivity index (χ3n) is 3.05. The summed E-state index contributed by atoms with van der Waals surface area (Å²) < 4.78 is 0. The van der Waals surface area contributed by atoms with Crippen molar-refractivity contribution in [1.82, 2.24) is 10.6 Å². The van der Waals surface area contributed by atoms with E-state index in [9.17, 15) is 5.11 Å². The first-order valence-corrected chi connectivity index (χ1v) is 7.59. The summed E-state index contributed by atoms with van der Waals surface area (Å²) >= 11 is 5.88. The fourth-order valence-electron chi connectivity index (χ4n) is 1.95. The highest BCUT2D eigenvalue weighted by molar-refractivity contribution is 14.0. The molecule has 0 bridgehead atoms. The van der Waals surface area contributed by atoms with Gasteiger partial charge in [0, 0.05) is 18.1 Å². The van der Waals surface area contributed by atoms with E-state index in [-0.39, 0.29) is 29.7 Å². The van der Waals surface area contributed by atoms with Gasteiger partial charge in [0.2, 0.25) is 0 Å². The standard InChI is InChI=1S/C17H20ClN3O.HI/c1-2-19-17(20-11-13-6-8-15(18)9-7-13)21-12-14-4-3-5-16(22)10-14;/h3-10,22H,2,11-12H2,1H3,(H2,19,20,21);1H. The summed E-state index contributed by atoms with van der Waals surface area (Å²) in [6.45, 7) is 3.98. The molecule has 0 aliphatic carbocycles. The predicted octanol–water partition coefficient (Wildman–Crippen LogP) is 3.92. The van der Waals surface area contributed by atoms with Crippen LogP contribution in [0.3, 0.4) is 0 Å². The summed E-state index contributed by atoms with van der Waals surface area (Å²) in [5.74, 6) is 0.993. The normalized spacial score (nSPS) is 10.8. The second-order valence-electron chi connectivity index (χ2n) is 4.85. The van der Waals surface area contributed by atoms with Gasteiger partial charge < -0.3 is 15.7 Å². The van der Waals surface area contributed by atoms with E-state index in [2.05, 4.69) is 15.6 Å². The van der Waals surface area contributed by atoms with Crippen molar-refractivity contribution in [1.29, 1.82) is 0 Å². The third kappa shape index (κ3) is 7.09. The Balaban J connectivity index is 0.00000264. The molecule has 3 N–H and O–H groups in total. The Labute approximate surface area is 159 Å². The summed E-state index contributed by atoms with van der Waals surface area (Å²) in [5, 5.41) is 16.7. The van der Waals surface area contributed by atoms with Crippen LogP contribution in [0.2, 0.25) is 5.02 Å². The lowest BCUT2D eigenvalue weighted by molar-refractivity contribution is 0.474. The van der Waals surface area contributed by atoms with Crippen LogP contribution in [0, 0.1) is 0 Å². The zero-order chi connectivity index (χ0) is 15.8. The maximum absolute atomic E-state index is 9.47. The largest absolute Gasteiger partial charge is 0.508 e. The smallest absolute Gasteiger partial charge is 0.191 e. The van der Waals surface area contributed by atoms with Crippen molar-refractivity contribution >= 4 is 41.5 Å². The maximum atomic E-state index is 9.47. The van der Waals surface area contributed by atoms with Crippen LogP contribution in [-0.4, -0.2) is 17.6 Å². The van der Waals surface area contributed by atoms with Crippen LogP contribution >= 0.6 is 35.6 Å². The van der Waals surface area contributed by atoms with Crippen LogP contribution < -0.4 is 10.6 Å². The van der Waals surface area contributed by atoms with Crippen LogP contribution in [0.25, 0.3) is 0 Å². The molecule has 23 heavy (non-hydrogen) atoms. The molecule has 0 aromatic heterocycles. The predicted molar refractivity (Wildman–Crippen MR) is 107 cm³/mol. The summed E-state index contributed by atoms with van der Waals surface area (Å²) in [4.78, 5) is 4.51. The van der Waals surface area contributed by atoms with Crippen molar-refractivity contribution < 1.29 is 5.11 Å². The molecule has 4 nitrogen and oxygen atoms in total. The molecule has 2 aromatic carbocycles. The van der Waals surface area contributed by atoms with Gasteiger partial charge in [-0.05, 0) is 42.3 Å². The van der Waals surface area contributed by atoms with E-state index >= 15 is 0 Å². The first kappa shape index (κ1) is 19.6. The van der Waals surface area contributed by atoms with Crippen LogP contribution in [0.15, 0.2) is 53.5 Å². The molecule has 6 heteroatoms. The molecule has 0 unspecified atom stereocenters. The minimum absolute atomic E-state index is 0. The molecule has 0 saturated carbocycles. The third-order valence-corrected chi connectivity index (χ3v) is 3.30. The van der Waals surface area contributed by atoms with Crippen molar-refractivity contribution in [2.24, 2.45) is 4.99 Å². The van der Waals surface area contributed by atoms with Gasteiger partial charge in [0.15, 0.2) is 5.96 Å². The van der Waals surface area contributed by atoms with Crippen LogP contribution in [0.1, 0.15) is 18.1 Å². The van der Waals surface area contributed by atoms with Gasteiger partial charge in [-0.2, -0.15) is 0 Å². The highest BCUT2D eigenvalue weighted by Gasteiger charge is 1.99. The minimum Gasteiger partial charge on any atom is -0.508 e. The summed E-state index contributed by atoms with van der Waals surface area (Å²) in [7, 11) is 0. The molecule has 0 atom stereocenters. The van der Waals surface area contributed by atoms with Gasteiger partial charge in [-0.3, -0.25) is 0 Å². The second-order valence-corrected chi connectivity index (χ2v) is 5.28. The molecule has 124 valence electrons. The number of aliphatic imine (C=N–C) groups is 1. The first-order valence-electron chi connectivity index (χ1n) is 7.22. The molecule has 0 aliphatic heterocycles. The van der Waals surface area contributed by atoms with Gasteiger partial charge in [-0.1, -0.05) is 35.9 Å². The SMILES string of the molecule is CCNC(=NCc1cccc(O)c1)NCc1ccc(Cl)cc1.I. The van der Waals surface area contributed by atoms with E-state index < -0.39 is 0 Å². The zero-order valence-corrected chi connectivity index (χ0v) is 16.0. The average Bonchev–Trinajstić information content (AvgIpc) is 2.52. The number of phenolic OH excluding ortho intramolecular Hbond substituents is 1. The van der Waals surface area contributed by atoms with Crippen molar-refractivity contribution in [2.75, 3.05) is 6.54 Å². The van der Waals surface area contributed by atoms with Gasteiger partial charge in [0.05, 0.1) is 6.54 Å². The lowest BCUT2D eigenvalue weighted by Gasteiger charge is -2.11. The Kier molecular flexibility index (Phi) is 8.79.